The van der Waals surface area contributed by atoms with E-state index in [2.05, 4.69) is 5.32 Å². The molecule has 35 heavy (non-hydrogen) atoms. The molecule has 0 spiro atoms. The maximum absolute atomic E-state index is 13.0. The lowest BCUT2D eigenvalue weighted by atomic mass is 10.2. The molecule has 3 aromatic rings. The fraction of sp³-hybridized carbons (Fsp3) is 0.179. The van der Waals surface area contributed by atoms with Crippen LogP contribution in [0.4, 0.5) is 11.4 Å². The summed E-state index contributed by atoms with van der Waals surface area (Å²) in [5.74, 6) is 0.308. The molecule has 1 fully saturated rings. The molecule has 7 heteroatoms. The molecule has 0 atom stereocenters. The van der Waals surface area contributed by atoms with Gasteiger partial charge in [-0.1, -0.05) is 55.0 Å². The summed E-state index contributed by atoms with van der Waals surface area (Å²) >= 11 is 1.38. The summed E-state index contributed by atoms with van der Waals surface area (Å²) < 4.78 is 5.59. The third-order valence-corrected chi connectivity index (χ3v) is 6.21. The first-order valence-electron chi connectivity index (χ1n) is 11.5. The molecule has 0 aliphatic carbocycles. The monoisotopic (exact) mass is 485 g/mol. The Hall–Kier alpha value is -3.84. The first-order chi connectivity index (χ1) is 17.0. The van der Waals surface area contributed by atoms with E-state index in [4.69, 9.17) is 9.73 Å². The molecule has 1 saturated heterocycles. The van der Waals surface area contributed by atoms with Crippen LogP contribution in [0.2, 0.25) is 0 Å². The van der Waals surface area contributed by atoms with E-state index in [0.29, 0.717) is 22.4 Å². The van der Waals surface area contributed by atoms with Gasteiger partial charge in [0.25, 0.3) is 11.8 Å². The summed E-state index contributed by atoms with van der Waals surface area (Å²) in [6.07, 6.45) is 2.70. The third-order valence-electron chi connectivity index (χ3n) is 5.20. The molecule has 0 bridgehead atoms. The average molecular weight is 486 g/mol. The number of carbonyl (C=O) groups excluding carboxylic acids is 2. The van der Waals surface area contributed by atoms with Gasteiger partial charge >= 0.3 is 0 Å². The first-order valence-corrected chi connectivity index (χ1v) is 12.3. The van der Waals surface area contributed by atoms with Crippen LogP contribution in [0.25, 0.3) is 6.08 Å². The minimum atomic E-state index is -0.230. The number of amidine groups is 1. The predicted octanol–water partition coefficient (Wildman–Crippen LogP) is 6.03. The van der Waals surface area contributed by atoms with Crippen LogP contribution in [-0.4, -0.2) is 35.0 Å². The zero-order valence-corrected chi connectivity index (χ0v) is 20.5. The Morgan fingerprint density at radius 3 is 2.43 bits per heavy atom. The van der Waals surface area contributed by atoms with Crippen LogP contribution in [0.3, 0.4) is 0 Å². The van der Waals surface area contributed by atoms with E-state index in [9.17, 15) is 9.59 Å². The number of nitrogens with one attached hydrogen (secondary N) is 1. The normalized spacial score (nSPS) is 15.6. The van der Waals surface area contributed by atoms with Crippen molar-refractivity contribution in [2.24, 2.45) is 4.99 Å². The molecular formula is C28H27N3O3S. The van der Waals surface area contributed by atoms with E-state index in [0.717, 1.165) is 23.4 Å². The van der Waals surface area contributed by atoms with Gasteiger partial charge in [-0.25, -0.2) is 4.99 Å². The molecule has 178 valence electrons. The summed E-state index contributed by atoms with van der Waals surface area (Å²) in [5.41, 5.74) is 3.59. The zero-order chi connectivity index (χ0) is 24.6. The number of para-hydroxylation sites is 1. The number of hydrogen-bond acceptors (Lipinski definition) is 5. The summed E-state index contributed by atoms with van der Waals surface area (Å²) in [4.78, 5) is 32.2. The van der Waals surface area contributed by atoms with Crippen molar-refractivity contribution < 1.29 is 14.3 Å². The Balaban J connectivity index is 1.41. The van der Waals surface area contributed by atoms with Gasteiger partial charge in [0.1, 0.15) is 5.75 Å². The topological polar surface area (TPSA) is 71.0 Å². The second-order valence-electron chi connectivity index (χ2n) is 8.07. The third kappa shape index (κ3) is 6.61. The Bertz CT molecular complexity index is 1240. The fourth-order valence-electron chi connectivity index (χ4n) is 3.42. The van der Waals surface area contributed by atoms with E-state index < -0.39 is 0 Å². The quantitative estimate of drug-likeness (QED) is 0.396. The molecule has 0 saturated carbocycles. The lowest BCUT2D eigenvalue weighted by Crippen LogP contribution is -2.29. The standard InChI is InChI=1S/C28H27N3O3S/c1-3-17-31-27(33)25(35-28(31)30-23-13-9-20(2)10-14-23)18-21-11-15-24(16-12-21)34-19-26(32)29-22-7-5-4-6-8-22/h4-16,18H,3,17,19H2,1-2H3,(H,29,32)/b25-18+,30-28?. The van der Waals surface area contributed by atoms with Crippen molar-refractivity contribution in [3.63, 3.8) is 0 Å². The number of anilines is 1. The minimum absolute atomic E-state index is 0.0411. The summed E-state index contributed by atoms with van der Waals surface area (Å²) in [7, 11) is 0. The second kappa shape index (κ2) is 11.5. The maximum atomic E-state index is 13.0. The molecule has 3 aromatic carbocycles. The largest absolute Gasteiger partial charge is 0.484 e. The molecule has 4 rings (SSSR count). The average Bonchev–Trinajstić information content (AvgIpc) is 3.15. The SMILES string of the molecule is CCCN1C(=O)/C(=C\c2ccc(OCC(=O)Nc3ccccc3)cc2)SC1=Nc1ccc(C)cc1. The summed E-state index contributed by atoms with van der Waals surface area (Å²) in [6.45, 7) is 4.60. The highest BCUT2D eigenvalue weighted by Gasteiger charge is 2.32. The number of amides is 2. The van der Waals surface area contributed by atoms with E-state index >= 15 is 0 Å². The molecule has 6 nitrogen and oxygen atoms in total. The summed E-state index contributed by atoms with van der Waals surface area (Å²) in [5, 5.41) is 3.48. The highest BCUT2D eigenvalue weighted by atomic mass is 32.2. The molecule has 0 radical (unpaired) electrons. The number of carbonyl (C=O) groups is 2. The molecule has 2 amide bonds. The van der Waals surface area contributed by atoms with Crippen LogP contribution >= 0.6 is 11.8 Å². The van der Waals surface area contributed by atoms with Crippen molar-refractivity contribution in [3.8, 4) is 5.75 Å². The molecule has 1 N–H and O–H groups in total. The number of ether oxygens (including phenoxy) is 1. The zero-order valence-electron chi connectivity index (χ0n) is 19.7. The van der Waals surface area contributed by atoms with E-state index in [1.54, 1.807) is 17.0 Å². The maximum Gasteiger partial charge on any atom is 0.266 e. The number of nitrogens with zero attached hydrogens (tertiary/aromatic N) is 2. The van der Waals surface area contributed by atoms with Gasteiger partial charge in [-0.3, -0.25) is 14.5 Å². The smallest absolute Gasteiger partial charge is 0.266 e. The Labute approximate surface area is 209 Å². The molecular weight excluding hydrogens is 458 g/mol. The van der Waals surface area contributed by atoms with Crippen molar-refractivity contribution >= 4 is 46.2 Å². The highest BCUT2D eigenvalue weighted by Crippen LogP contribution is 2.34. The van der Waals surface area contributed by atoms with Gasteiger partial charge in [0.15, 0.2) is 11.8 Å². The lowest BCUT2D eigenvalue weighted by Gasteiger charge is -2.13. The van der Waals surface area contributed by atoms with Crippen LogP contribution in [0.15, 0.2) is 88.8 Å². The van der Waals surface area contributed by atoms with Crippen molar-refractivity contribution in [2.75, 3.05) is 18.5 Å². The Morgan fingerprint density at radius 2 is 1.74 bits per heavy atom. The van der Waals surface area contributed by atoms with Crippen LogP contribution in [0.5, 0.6) is 5.75 Å². The molecule has 1 aliphatic heterocycles. The molecule has 0 aromatic heterocycles. The number of benzene rings is 3. The predicted molar refractivity (Wildman–Crippen MR) is 143 cm³/mol. The van der Waals surface area contributed by atoms with Crippen LogP contribution in [-0.2, 0) is 9.59 Å². The van der Waals surface area contributed by atoms with Crippen molar-refractivity contribution in [2.45, 2.75) is 20.3 Å². The number of rotatable bonds is 8. The van der Waals surface area contributed by atoms with E-state index in [1.165, 1.54) is 17.3 Å². The lowest BCUT2D eigenvalue weighted by molar-refractivity contribution is -0.122. The van der Waals surface area contributed by atoms with Crippen molar-refractivity contribution in [3.05, 3.63) is 94.9 Å². The van der Waals surface area contributed by atoms with E-state index in [1.807, 2.05) is 86.7 Å². The number of aryl methyl sites for hydroxylation is 1. The Kier molecular flexibility index (Phi) is 8.00. The number of hydrogen-bond donors (Lipinski definition) is 1. The van der Waals surface area contributed by atoms with Crippen molar-refractivity contribution in [1.29, 1.82) is 0 Å². The molecule has 0 unspecified atom stereocenters. The Morgan fingerprint density at radius 1 is 1.03 bits per heavy atom. The van der Waals surface area contributed by atoms with Gasteiger partial charge < -0.3 is 10.1 Å². The first kappa shape index (κ1) is 24.3. The molecule has 1 aliphatic rings. The van der Waals surface area contributed by atoms with Crippen LogP contribution < -0.4 is 10.1 Å². The van der Waals surface area contributed by atoms with Crippen molar-refractivity contribution in [1.82, 2.24) is 4.90 Å². The van der Waals surface area contributed by atoms with Gasteiger partial charge in [0.2, 0.25) is 0 Å². The number of thioether (sulfide) groups is 1. The highest BCUT2D eigenvalue weighted by molar-refractivity contribution is 8.18. The van der Waals surface area contributed by atoms with E-state index in [-0.39, 0.29) is 18.4 Å². The van der Waals surface area contributed by atoms with Gasteiger partial charge in [-0.2, -0.15) is 0 Å². The van der Waals surface area contributed by atoms with Gasteiger partial charge in [0.05, 0.1) is 10.6 Å². The van der Waals surface area contributed by atoms with Crippen LogP contribution in [0, 0.1) is 6.92 Å². The van der Waals surface area contributed by atoms with Gasteiger partial charge in [-0.05, 0) is 73.1 Å². The fourth-order valence-corrected chi connectivity index (χ4v) is 4.45. The van der Waals surface area contributed by atoms with Gasteiger partial charge in [-0.15, -0.1) is 0 Å². The molecule has 1 heterocycles. The number of aliphatic imine (C=N–C) groups is 1. The minimum Gasteiger partial charge on any atom is -0.484 e. The van der Waals surface area contributed by atoms with Crippen LogP contribution in [0.1, 0.15) is 24.5 Å². The summed E-state index contributed by atoms with van der Waals surface area (Å²) in [6, 6.07) is 24.5. The second-order valence-corrected chi connectivity index (χ2v) is 9.08. The van der Waals surface area contributed by atoms with Gasteiger partial charge in [0, 0.05) is 12.2 Å².